The molecule has 15 heavy (non-hydrogen) atoms. The summed E-state index contributed by atoms with van der Waals surface area (Å²) >= 11 is 2.04. The molecule has 0 amide bonds. The Kier molecular flexibility index (Phi) is 4.00. The number of hydrogen-bond donors (Lipinski definition) is 1. The van der Waals surface area contributed by atoms with E-state index in [0.29, 0.717) is 12.0 Å². The first kappa shape index (κ1) is 11.8. The van der Waals surface area contributed by atoms with Crippen molar-refractivity contribution < 1.29 is 5.11 Å². The Hall–Kier alpha value is 0.310. The zero-order valence-corrected chi connectivity index (χ0v) is 10.7. The molecule has 1 nitrogen and oxygen atoms in total. The van der Waals surface area contributed by atoms with Crippen LogP contribution in [0.5, 0.6) is 0 Å². The summed E-state index contributed by atoms with van der Waals surface area (Å²) in [4.78, 5) is 0. The summed E-state index contributed by atoms with van der Waals surface area (Å²) in [5.41, 5.74) is 0.344. The molecule has 1 N–H and O–H groups in total. The van der Waals surface area contributed by atoms with Gasteiger partial charge in [0.2, 0.25) is 0 Å². The van der Waals surface area contributed by atoms with Gasteiger partial charge in [0, 0.05) is 6.61 Å². The summed E-state index contributed by atoms with van der Waals surface area (Å²) in [6.45, 7) is 2.68. The lowest BCUT2D eigenvalue weighted by atomic mass is 9.71. The average molecular weight is 228 g/mol. The van der Waals surface area contributed by atoms with Crippen molar-refractivity contribution in [1.82, 2.24) is 0 Å². The van der Waals surface area contributed by atoms with Crippen molar-refractivity contribution >= 4 is 11.8 Å². The predicted octanol–water partition coefficient (Wildman–Crippen LogP) is 3.32. The quantitative estimate of drug-likeness (QED) is 0.704. The van der Waals surface area contributed by atoms with Gasteiger partial charge >= 0.3 is 0 Å². The van der Waals surface area contributed by atoms with Crippen molar-refractivity contribution in [3.63, 3.8) is 0 Å². The third-order valence-electron chi connectivity index (χ3n) is 4.58. The van der Waals surface area contributed by atoms with Gasteiger partial charge in [0.05, 0.1) is 0 Å². The van der Waals surface area contributed by atoms with Crippen molar-refractivity contribution in [1.29, 1.82) is 0 Å². The molecule has 0 aromatic carbocycles. The van der Waals surface area contributed by atoms with E-state index < -0.39 is 0 Å². The number of aliphatic hydroxyl groups is 1. The molecule has 2 aliphatic rings. The topological polar surface area (TPSA) is 20.2 Å². The Labute approximate surface area is 98.0 Å². The van der Waals surface area contributed by atoms with Crippen LogP contribution in [0.15, 0.2) is 0 Å². The Balaban J connectivity index is 1.81. The highest BCUT2D eigenvalue weighted by atomic mass is 32.2. The highest BCUT2D eigenvalue weighted by Gasteiger charge is 2.49. The fourth-order valence-electron chi connectivity index (χ4n) is 3.81. The van der Waals surface area contributed by atoms with Crippen molar-refractivity contribution in [3.8, 4) is 0 Å². The van der Waals surface area contributed by atoms with Crippen LogP contribution in [0.1, 0.15) is 45.4 Å². The second-order valence-electron chi connectivity index (χ2n) is 5.40. The molecule has 2 saturated carbocycles. The van der Waals surface area contributed by atoms with Crippen LogP contribution in [-0.2, 0) is 0 Å². The summed E-state index contributed by atoms with van der Waals surface area (Å²) in [5.74, 6) is 4.34. The molecule has 3 atom stereocenters. The molecule has 2 fully saturated rings. The Morgan fingerprint density at radius 1 is 1.40 bits per heavy atom. The second kappa shape index (κ2) is 5.09. The molecule has 2 bridgehead atoms. The van der Waals surface area contributed by atoms with Crippen molar-refractivity contribution in [2.45, 2.75) is 45.4 Å². The molecule has 3 unspecified atom stereocenters. The Bertz CT molecular complexity index is 207. The third kappa shape index (κ3) is 2.36. The van der Waals surface area contributed by atoms with E-state index in [4.69, 9.17) is 0 Å². The minimum atomic E-state index is 0.344. The van der Waals surface area contributed by atoms with E-state index in [9.17, 15) is 5.11 Å². The average Bonchev–Trinajstić information content (AvgIpc) is 2.85. The molecule has 0 aromatic heterocycles. The van der Waals surface area contributed by atoms with Crippen LogP contribution < -0.4 is 0 Å². The Morgan fingerprint density at radius 2 is 2.27 bits per heavy atom. The predicted molar refractivity (Wildman–Crippen MR) is 67.2 cm³/mol. The first-order chi connectivity index (χ1) is 7.30. The Morgan fingerprint density at radius 3 is 2.80 bits per heavy atom. The molecule has 2 heteroatoms. The molecule has 2 aliphatic carbocycles. The van der Waals surface area contributed by atoms with Crippen LogP contribution in [0.4, 0.5) is 0 Å². The van der Waals surface area contributed by atoms with E-state index in [1.54, 1.807) is 0 Å². The van der Waals surface area contributed by atoms with Crippen molar-refractivity contribution in [2.24, 2.45) is 17.3 Å². The van der Waals surface area contributed by atoms with Gasteiger partial charge in [-0.1, -0.05) is 13.3 Å². The lowest BCUT2D eigenvalue weighted by molar-refractivity contribution is 0.0559. The standard InChI is InChI=1S/C13H24OS/c1-2-15-7-3-6-13(10-14)9-11-4-5-12(13)8-11/h11-12,14H,2-10H2,1H3. The lowest BCUT2D eigenvalue weighted by Crippen LogP contribution is -2.31. The van der Waals surface area contributed by atoms with Crippen molar-refractivity contribution in [3.05, 3.63) is 0 Å². The van der Waals surface area contributed by atoms with Gasteiger partial charge in [-0.2, -0.15) is 11.8 Å². The van der Waals surface area contributed by atoms with Crippen LogP contribution in [0.2, 0.25) is 0 Å². The van der Waals surface area contributed by atoms with E-state index in [1.807, 2.05) is 11.8 Å². The van der Waals surface area contributed by atoms with Gasteiger partial charge in [-0.05, 0) is 60.9 Å². The van der Waals surface area contributed by atoms with Gasteiger partial charge in [-0.15, -0.1) is 0 Å². The van der Waals surface area contributed by atoms with Crippen LogP contribution in [-0.4, -0.2) is 23.2 Å². The van der Waals surface area contributed by atoms with Crippen LogP contribution in [0, 0.1) is 17.3 Å². The molecular formula is C13H24OS. The summed E-state index contributed by atoms with van der Waals surface area (Å²) in [6.07, 6.45) is 8.16. The SMILES string of the molecule is CCSCCCC1(CO)CC2CCC1C2. The molecule has 0 spiro atoms. The van der Waals surface area contributed by atoms with Gasteiger partial charge in [-0.25, -0.2) is 0 Å². The zero-order chi connectivity index (χ0) is 10.7. The number of rotatable bonds is 6. The zero-order valence-electron chi connectivity index (χ0n) is 9.87. The van der Waals surface area contributed by atoms with Gasteiger partial charge in [0.15, 0.2) is 0 Å². The van der Waals surface area contributed by atoms with E-state index in [1.165, 1.54) is 50.0 Å². The number of hydrogen-bond acceptors (Lipinski definition) is 2. The van der Waals surface area contributed by atoms with Crippen LogP contribution in [0.3, 0.4) is 0 Å². The van der Waals surface area contributed by atoms with Crippen LogP contribution >= 0.6 is 11.8 Å². The fraction of sp³-hybridized carbons (Fsp3) is 1.00. The molecule has 0 radical (unpaired) electrons. The molecule has 2 rings (SSSR count). The van der Waals surface area contributed by atoms with E-state index in [-0.39, 0.29) is 0 Å². The second-order valence-corrected chi connectivity index (χ2v) is 6.79. The summed E-state index contributed by atoms with van der Waals surface area (Å²) in [7, 11) is 0. The molecular weight excluding hydrogens is 204 g/mol. The first-order valence-corrected chi connectivity index (χ1v) is 7.65. The van der Waals surface area contributed by atoms with Crippen molar-refractivity contribution in [2.75, 3.05) is 18.1 Å². The minimum absolute atomic E-state index is 0.344. The number of fused-ring (bicyclic) bond motifs is 2. The van der Waals surface area contributed by atoms with Gasteiger partial charge in [-0.3, -0.25) is 0 Å². The lowest BCUT2D eigenvalue weighted by Gasteiger charge is -2.36. The van der Waals surface area contributed by atoms with E-state index >= 15 is 0 Å². The molecule has 0 saturated heterocycles. The molecule has 88 valence electrons. The van der Waals surface area contributed by atoms with Gasteiger partial charge in [0.1, 0.15) is 0 Å². The highest BCUT2D eigenvalue weighted by Crippen LogP contribution is 2.57. The molecule has 0 heterocycles. The summed E-state index contributed by atoms with van der Waals surface area (Å²) in [5, 5.41) is 9.69. The van der Waals surface area contributed by atoms with E-state index in [2.05, 4.69) is 6.92 Å². The largest absolute Gasteiger partial charge is 0.396 e. The maximum absolute atomic E-state index is 9.69. The first-order valence-electron chi connectivity index (χ1n) is 6.49. The monoisotopic (exact) mass is 228 g/mol. The van der Waals surface area contributed by atoms with Gasteiger partial charge in [0.25, 0.3) is 0 Å². The maximum atomic E-state index is 9.69. The molecule has 0 aromatic rings. The van der Waals surface area contributed by atoms with Crippen LogP contribution in [0.25, 0.3) is 0 Å². The fourth-order valence-corrected chi connectivity index (χ4v) is 4.44. The number of thioether (sulfide) groups is 1. The van der Waals surface area contributed by atoms with E-state index in [0.717, 1.165) is 11.8 Å². The van der Waals surface area contributed by atoms with Gasteiger partial charge < -0.3 is 5.11 Å². The molecule has 0 aliphatic heterocycles. The summed E-state index contributed by atoms with van der Waals surface area (Å²) in [6, 6.07) is 0. The third-order valence-corrected chi connectivity index (χ3v) is 5.57. The maximum Gasteiger partial charge on any atom is 0.0490 e. The summed E-state index contributed by atoms with van der Waals surface area (Å²) < 4.78 is 0. The normalized spacial score (nSPS) is 38.8. The minimum Gasteiger partial charge on any atom is -0.396 e. The highest BCUT2D eigenvalue weighted by molar-refractivity contribution is 7.99. The number of aliphatic hydroxyl groups excluding tert-OH is 1. The smallest absolute Gasteiger partial charge is 0.0490 e.